The second kappa shape index (κ2) is 5.35. The highest BCUT2D eigenvalue weighted by molar-refractivity contribution is 5.52. The van der Waals surface area contributed by atoms with Gasteiger partial charge in [0.25, 0.3) is 0 Å². The van der Waals surface area contributed by atoms with Crippen molar-refractivity contribution in [1.82, 2.24) is 20.3 Å². The number of hydrogen-bond donors (Lipinski definition) is 0. The molecule has 2 aliphatic heterocycles. The third-order valence-corrected chi connectivity index (χ3v) is 4.98. The lowest BCUT2D eigenvalue weighted by Gasteiger charge is -2.25. The molecule has 0 amide bonds. The summed E-state index contributed by atoms with van der Waals surface area (Å²) >= 11 is 0. The molecule has 126 valence electrons. The van der Waals surface area contributed by atoms with Crippen molar-refractivity contribution in [2.24, 2.45) is 0 Å². The van der Waals surface area contributed by atoms with Crippen LogP contribution >= 0.6 is 0 Å². The zero-order valence-electron chi connectivity index (χ0n) is 13.8. The topological polar surface area (TPSA) is 77.2 Å². The lowest BCUT2D eigenvalue weighted by Crippen LogP contribution is -2.31. The van der Waals surface area contributed by atoms with Gasteiger partial charge in [-0.25, -0.2) is 0 Å². The van der Waals surface area contributed by atoms with E-state index in [2.05, 4.69) is 49.5 Å². The summed E-state index contributed by atoms with van der Waals surface area (Å²) in [6.07, 6.45) is 0.956. The van der Waals surface area contributed by atoms with Gasteiger partial charge in [0, 0.05) is 13.5 Å². The number of anilines is 1. The standard InChI is InChI=1S/C18H17N5O2/c1-12-19-17(22-25-12)15-6-7-16(21-20-15)23-9-8-18(11-23)14-5-3-2-4-13(14)10-24-18/h2-7H,8-11H2,1H3. The molecule has 0 aliphatic carbocycles. The van der Waals surface area contributed by atoms with Crippen molar-refractivity contribution >= 4 is 5.82 Å². The molecule has 3 aromatic rings. The van der Waals surface area contributed by atoms with E-state index in [0.29, 0.717) is 24.0 Å². The van der Waals surface area contributed by atoms with Crippen LogP contribution in [0.4, 0.5) is 5.82 Å². The number of aryl methyl sites for hydroxylation is 1. The van der Waals surface area contributed by atoms with Crippen LogP contribution in [-0.2, 0) is 16.9 Å². The third kappa shape index (κ3) is 2.31. The maximum Gasteiger partial charge on any atom is 0.223 e. The Labute approximate surface area is 144 Å². The van der Waals surface area contributed by atoms with Gasteiger partial charge in [-0.15, -0.1) is 10.2 Å². The summed E-state index contributed by atoms with van der Waals surface area (Å²) in [4.78, 5) is 6.40. The van der Waals surface area contributed by atoms with E-state index >= 15 is 0 Å². The molecule has 7 heteroatoms. The van der Waals surface area contributed by atoms with E-state index in [4.69, 9.17) is 9.26 Å². The molecule has 0 saturated carbocycles. The molecule has 0 radical (unpaired) electrons. The van der Waals surface area contributed by atoms with Crippen molar-refractivity contribution in [3.8, 4) is 11.5 Å². The van der Waals surface area contributed by atoms with Crippen LogP contribution in [0.25, 0.3) is 11.5 Å². The van der Waals surface area contributed by atoms with E-state index in [-0.39, 0.29) is 5.60 Å². The summed E-state index contributed by atoms with van der Waals surface area (Å²) in [6, 6.07) is 12.3. The lowest BCUT2D eigenvalue weighted by molar-refractivity contribution is -0.0205. The van der Waals surface area contributed by atoms with Gasteiger partial charge >= 0.3 is 0 Å². The molecule has 2 aliphatic rings. The molecule has 7 nitrogen and oxygen atoms in total. The van der Waals surface area contributed by atoms with Gasteiger partial charge in [-0.3, -0.25) is 0 Å². The predicted octanol–water partition coefficient (Wildman–Crippen LogP) is 2.47. The summed E-state index contributed by atoms with van der Waals surface area (Å²) in [7, 11) is 0. The van der Waals surface area contributed by atoms with Crippen LogP contribution in [0.5, 0.6) is 0 Å². The molecule has 1 aromatic carbocycles. The maximum atomic E-state index is 6.20. The molecular formula is C18H17N5O2. The first kappa shape index (κ1) is 14.5. The Balaban J connectivity index is 1.39. The van der Waals surface area contributed by atoms with Crippen molar-refractivity contribution < 1.29 is 9.26 Å². The predicted molar refractivity (Wildman–Crippen MR) is 89.8 cm³/mol. The molecule has 2 aromatic heterocycles. The summed E-state index contributed by atoms with van der Waals surface area (Å²) in [6.45, 7) is 4.12. The van der Waals surface area contributed by atoms with Crippen molar-refractivity contribution in [2.45, 2.75) is 25.6 Å². The second-order valence-corrected chi connectivity index (χ2v) is 6.53. The highest BCUT2D eigenvalue weighted by Crippen LogP contribution is 2.44. The average molecular weight is 335 g/mol. The zero-order chi connectivity index (χ0) is 16.9. The average Bonchev–Trinajstić information content (AvgIpc) is 3.36. The molecule has 0 N–H and O–H groups in total. The van der Waals surface area contributed by atoms with Crippen molar-refractivity contribution in [3.05, 3.63) is 53.4 Å². The number of fused-ring (bicyclic) bond motifs is 2. The van der Waals surface area contributed by atoms with E-state index in [0.717, 1.165) is 25.3 Å². The summed E-state index contributed by atoms with van der Waals surface area (Å²) < 4.78 is 11.2. The van der Waals surface area contributed by atoms with Crippen molar-refractivity contribution in [1.29, 1.82) is 0 Å². The summed E-state index contributed by atoms with van der Waals surface area (Å²) in [5.74, 6) is 1.82. The van der Waals surface area contributed by atoms with E-state index in [1.165, 1.54) is 11.1 Å². The van der Waals surface area contributed by atoms with Gasteiger partial charge < -0.3 is 14.2 Å². The maximum absolute atomic E-state index is 6.20. The molecule has 25 heavy (non-hydrogen) atoms. The smallest absolute Gasteiger partial charge is 0.223 e. The Morgan fingerprint density at radius 2 is 2.04 bits per heavy atom. The van der Waals surface area contributed by atoms with Gasteiger partial charge in [-0.2, -0.15) is 4.98 Å². The van der Waals surface area contributed by atoms with Crippen LogP contribution in [0.3, 0.4) is 0 Å². The Hall–Kier alpha value is -2.80. The van der Waals surface area contributed by atoms with Gasteiger partial charge in [-0.1, -0.05) is 29.4 Å². The highest BCUT2D eigenvalue weighted by Gasteiger charge is 2.45. The second-order valence-electron chi connectivity index (χ2n) is 6.53. The Morgan fingerprint density at radius 3 is 2.84 bits per heavy atom. The Kier molecular flexibility index (Phi) is 3.11. The minimum absolute atomic E-state index is 0.221. The fourth-order valence-corrected chi connectivity index (χ4v) is 3.72. The molecular weight excluding hydrogens is 318 g/mol. The number of rotatable bonds is 2. The molecule has 1 spiro atoms. The quantitative estimate of drug-likeness (QED) is 0.712. The molecule has 1 atom stereocenters. The van der Waals surface area contributed by atoms with Crippen LogP contribution in [-0.4, -0.2) is 33.4 Å². The minimum Gasteiger partial charge on any atom is -0.364 e. The van der Waals surface area contributed by atoms with E-state index in [9.17, 15) is 0 Å². The van der Waals surface area contributed by atoms with Crippen LogP contribution in [0, 0.1) is 6.92 Å². The highest BCUT2D eigenvalue weighted by atomic mass is 16.5. The molecule has 5 rings (SSSR count). The summed E-state index contributed by atoms with van der Waals surface area (Å²) in [5, 5.41) is 12.5. The van der Waals surface area contributed by atoms with Crippen LogP contribution in [0.1, 0.15) is 23.4 Å². The first-order valence-electron chi connectivity index (χ1n) is 8.35. The van der Waals surface area contributed by atoms with Crippen molar-refractivity contribution in [3.63, 3.8) is 0 Å². The number of aromatic nitrogens is 4. The number of nitrogens with zero attached hydrogens (tertiary/aromatic N) is 5. The Bertz CT molecular complexity index is 923. The fourth-order valence-electron chi connectivity index (χ4n) is 3.72. The normalized spacial score (nSPS) is 21.9. The Morgan fingerprint density at radius 1 is 1.12 bits per heavy atom. The fraction of sp³-hybridized carbons (Fsp3) is 0.333. The molecule has 0 bridgehead atoms. The van der Waals surface area contributed by atoms with Crippen molar-refractivity contribution in [2.75, 3.05) is 18.0 Å². The van der Waals surface area contributed by atoms with Gasteiger partial charge in [-0.05, 0) is 29.7 Å². The van der Waals surface area contributed by atoms with Crippen LogP contribution in [0.2, 0.25) is 0 Å². The minimum atomic E-state index is -0.221. The zero-order valence-corrected chi connectivity index (χ0v) is 13.8. The number of hydrogen-bond acceptors (Lipinski definition) is 7. The third-order valence-electron chi connectivity index (χ3n) is 4.98. The van der Waals surface area contributed by atoms with Crippen LogP contribution in [0.15, 0.2) is 40.9 Å². The van der Waals surface area contributed by atoms with Gasteiger partial charge in [0.2, 0.25) is 11.7 Å². The van der Waals surface area contributed by atoms with E-state index in [1.54, 1.807) is 6.92 Å². The van der Waals surface area contributed by atoms with Gasteiger partial charge in [0.05, 0.1) is 13.2 Å². The first-order chi connectivity index (χ1) is 12.2. The van der Waals surface area contributed by atoms with E-state index in [1.807, 2.05) is 12.1 Å². The number of ether oxygens (including phenoxy) is 1. The van der Waals surface area contributed by atoms with Crippen LogP contribution < -0.4 is 4.90 Å². The monoisotopic (exact) mass is 335 g/mol. The molecule has 1 unspecified atom stereocenters. The molecule has 4 heterocycles. The van der Waals surface area contributed by atoms with Gasteiger partial charge in [0.15, 0.2) is 5.82 Å². The first-order valence-corrected chi connectivity index (χ1v) is 8.35. The SMILES string of the molecule is Cc1nc(-c2ccc(N3CCC4(C3)OCc3ccccc34)nn2)no1. The van der Waals surface area contributed by atoms with Gasteiger partial charge in [0.1, 0.15) is 11.3 Å². The molecule has 1 saturated heterocycles. The number of benzene rings is 1. The lowest BCUT2D eigenvalue weighted by atomic mass is 9.92. The summed E-state index contributed by atoms with van der Waals surface area (Å²) in [5.41, 5.74) is 2.99. The largest absolute Gasteiger partial charge is 0.364 e. The molecule has 1 fully saturated rings. The van der Waals surface area contributed by atoms with E-state index < -0.39 is 0 Å².